The van der Waals surface area contributed by atoms with Crippen LogP contribution < -0.4 is 10.6 Å². The van der Waals surface area contributed by atoms with E-state index in [0.717, 1.165) is 18.7 Å². The second kappa shape index (κ2) is 9.55. The number of aryl methyl sites for hydroxylation is 1. The largest absolute Gasteiger partial charge is 0.352 e. The lowest BCUT2D eigenvalue weighted by Crippen LogP contribution is -2.57. The van der Waals surface area contributed by atoms with E-state index in [4.69, 9.17) is 0 Å². The van der Waals surface area contributed by atoms with Gasteiger partial charge in [0, 0.05) is 24.2 Å². The van der Waals surface area contributed by atoms with Gasteiger partial charge in [0.1, 0.15) is 6.04 Å². The molecule has 1 heterocycles. The van der Waals surface area contributed by atoms with Crippen LogP contribution in [0.2, 0.25) is 0 Å². The highest BCUT2D eigenvalue weighted by Gasteiger charge is 2.32. The summed E-state index contributed by atoms with van der Waals surface area (Å²) in [5.41, 5.74) is 1.50. The van der Waals surface area contributed by atoms with Crippen molar-refractivity contribution in [2.45, 2.75) is 66.0 Å². The molecule has 1 fully saturated rings. The van der Waals surface area contributed by atoms with Crippen LogP contribution >= 0.6 is 0 Å². The molecule has 5 heteroatoms. The molecule has 0 bridgehead atoms. The van der Waals surface area contributed by atoms with Gasteiger partial charge in [-0.1, -0.05) is 38.5 Å². The van der Waals surface area contributed by atoms with E-state index in [1.807, 2.05) is 39.0 Å². The average Bonchev–Trinajstić information content (AvgIpc) is 2.63. The van der Waals surface area contributed by atoms with Gasteiger partial charge in [-0.05, 0) is 64.1 Å². The maximum Gasteiger partial charge on any atom is 0.251 e. The Hall–Kier alpha value is -1.88. The second-order valence-electron chi connectivity index (χ2n) is 9.29. The van der Waals surface area contributed by atoms with E-state index in [1.165, 1.54) is 12.8 Å². The van der Waals surface area contributed by atoms with E-state index in [1.54, 1.807) is 6.07 Å². The maximum atomic E-state index is 12.9. The molecule has 2 rings (SSSR count). The summed E-state index contributed by atoms with van der Waals surface area (Å²) >= 11 is 0. The first-order valence-corrected chi connectivity index (χ1v) is 10.5. The highest BCUT2D eigenvalue weighted by Crippen LogP contribution is 2.23. The number of rotatable bonds is 7. The van der Waals surface area contributed by atoms with E-state index in [0.29, 0.717) is 18.0 Å². The minimum Gasteiger partial charge on any atom is -0.352 e. The van der Waals surface area contributed by atoms with E-state index in [-0.39, 0.29) is 23.3 Å². The molecule has 2 N–H and O–H groups in total. The van der Waals surface area contributed by atoms with Crippen molar-refractivity contribution < 1.29 is 9.59 Å². The number of hydrogen-bond donors (Lipinski definition) is 2. The van der Waals surface area contributed by atoms with E-state index in [2.05, 4.69) is 36.3 Å². The van der Waals surface area contributed by atoms with Crippen LogP contribution in [0.15, 0.2) is 24.3 Å². The van der Waals surface area contributed by atoms with Crippen LogP contribution in [-0.2, 0) is 4.79 Å². The first-order chi connectivity index (χ1) is 13.1. The molecule has 1 aromatic rings. The van der Waals surface area contributed by atoms with Gasteiger partial charge in [0.15, 0.2) is 0 Å². The molecule has 5 nitrogen and oxygen atoms in total. The zero-order valence-electron chi connectivity index (χ0n) is 18.3. The van der Waals surface area contributed by atoms with Crippen LogP contribution in [0.3, 0.4) is 0 Å². The standard InChI is InChI=1S/C23H37N3O2/c1-16(2)20(25-21(27)19-11-7-9-17(3)13-19)22(28)24-15-23(5,6)26-12-8-10-18(4)14-26/h7,9,11,13,16,18,20H,8,10,12,14-15H2,1-6H3,(H,24,28)(H,25,27). The molecule has 2 unspecified atom stereocenters. The Labute approximate surface area is 170 Å². The third-order valence-corrected chi connectivity index (χ3v) is 5.72. The fourth-order valence-corrected chi connectivity index (χ4v) is 3.81. The third-order valence-electron chi connectivity index (χ3n) is 5.72. The van der Waals surface area contributed by atoms with Crippen molar-refractivity contribution in [3.8, 4) is 0 Å². The van der Waals surface area contributed by atoms with E-state index >= 15 is 0 Å². The van der Waals surface area contributed by atoms with Gasteiger partial charge in [-0.3, -0.25) is 14.5 Å². The molecule has 2 amide bonds. The molecule has 1 aliphatic rings. The van der Waals surface area contributed by atoms with Crippen molar-refractivity contribution in [3.05, 3.63) is 35.4 Å². The normalized spacial score (nSPS) is 19.3. The highest BCUT2D eigenvalue weighted by molar-refractivity contribution is 5.97. The Morgan fingerprint density at radius 1 is 1.29 bits per heavy atom. The lowest BCUT2D eigenvalue weighted by atomic mass is 9.93. The summed E-state index contributed by atoms with van der Waals surface area (Å²) in [5, 5.41) is 6.01. The Balaban J connectivity index is 1.97. The van der Waals surface area contributed by atoms with E-state index < -0.39 is 6.04 Å². The predicted molar refractivity (Wildman–Crippen MR) is 114 cm³/mol. The lowest BCUT2D eigenvalue weighted by molar-refractivity contribution is -0.124. The molecule has 0 aromatic heterocycles. The number of likely N-dealkylation sites (tertiary alicyclic amines) is 1. The molecule has 0 aliphatic carbocycles. The van der Waals surface area contributed by atoms with Gasteiger partial charge in [0.2, 0.25) is 5.91 Å². The molecule has 0 saturated carbocycles. The van der Waals surface area contributed by atoms with Crippen molar-refractivity contribution in [2.24, 2.45) is 11.8 Å². The summed E-state index contributed by atoms with van der Waals surface area (Å²) in [5.74, 6) is 0.378. The molecule has 28 heavy (non-hydrogen) atoms. The average molecular weight is 388 g/mol. The number of piperidine rings is 1. The van der Waals surface area contributed by atoms with Crippen LogP contribution in [0.25, 0.3) is 0 Å². The van der Waals surface area contributed by atoms with Crippen molar-refractivity contribution in [2.75, 3.05) is 19.6 Å². The van der Waals surface area contributed by atoms with Gasteiger partial charge >= 0.3 is 0 Å². The topological polar surface area (TPSA) is 61.4 Å². The Morgan fingerprint density at radius 2 is 2.00 bits per heavy atom. The van der Waals surface area contributed by atoms with Gasteiger partial charge in [-0.15, -0.1) is 0 Å². The molecular weight excluding hydrogens is 350 g/mol. The monoisotopic (exact) mass is 387 g/mol. The first-order valence-electron chi connectivity index (χ1n) is 10.5. The first kappa shape index (κ1) is 22.4. The third kappa shape index (κ3) is 6.06. The molecule has 1 saturated heterocycles. The minimum atomic E-state index is -0.552. The number of nitrogens with one attached hydrogen (secondary N) is 2. The molecule has 1 aromatic carbocycles. The van der Waals surface area contributed by atoms with Crippen molar-refractivity contribution in [1.29, 1.82) is 0 Å². The number of benzene rings is 1. The summed E-state index contributed by atoms with van der Waals surface area (Å²) < 4.78 is 0. The number of hydrogen-bond acceptors (Lipinski definition) is 3. The number of carbonyl (C=O) groups is 2. The number of amides is 2. The zero-order valence-corrected chi connectivity index (χ0v) is 18.3. The van der Waals surface area contributed by atoms with Gasteiger partial charge in [-0.2, -0.15) is 0 Å². The van der Waals surface area contributed by atoms with Gasteiger partial charge in [0.25, 0.3) is 5.91 Å². The Bertz CT molecular complexity index is 684. The Kier molecular flexibility index (Phi) is 7.64. The fourth-order valence-electron chi connectivity index (χ4n) is 3.81. The van der Waals surface area contributed by atoms with Crippen molar-refractivity contribution >= 4 is 11.8 Å². The summed E-state index contributed by atoms with van der Waals surface area (Å²) in [4.78, 5) is 27.9. The quantitative estimate of drug-likeness (QED) is 0.754. The smallest absolute Gasteiger partial charge is 0.251 e. The molecule has 0 spiro atoms. The maximum absolute atomic E-state index is 12.9. The van der Waals surface area contributed by atoms with E-state index in [9.17, 15) is 9.59 Å². The summed E-state index contributed by atoms with van der Waals surface area (Å²) in [6, 6.07) is 6.87. The fraction of sp³-hybridized carbons (Fsp3) is 0.652. The van der Waals surface area contributed by atoms with Crippen LogP contribution in [-0.4, -0.2) is 47.9 Å². The Morgan fingerprint density at radius 3 is 2.61 bits per heavy atom. The molecular formula is C23H37N3O2. The van der Waals surface area contributed by atoms with Gasteiger partial charge in [-0.25, -0.2) is 0 Å². The van der Waals surface area contributed by atoms with Crippen LogP contribution in [0.4, 0.5) is 0 Å². The van der Waals surface area contributed by atoms with Gasteiger partial charge < -0.3 is 10.6 Å². The molecule has 0 radical (unpaired) electrons. The predicted octanol–water partition coefficient (Wildman–Crippen LogP) is 3.38. The van der Waals surface area contributed by atoms with Crippen LogP contribution in [0.5, 0.6) is 0 Å². The number of carbonyl (C=O) groups excluding carboxylic acids is 2. The zero-order chi connectivity index (χ0) is 20.9. The SMILES string of the molecule is Cc1cccc(C(=O)NC(C(=O)NCC(C)(C)N2CCCC(C)C2)C(C)C)c1. The summed E-state index contributed by atoms with van der Waals surface area (Å²) in [6.07, 6.45) is 2.49. The van der Waals surface area contributed by atoms with Crippen molar-refractivity contribution in [1.82, 2.24) is 15.5 Å². The summed E-state index contributed by atoms with van der Waals surface area (Å²) in [6.45, 7) is 15.2. The highest BCUT2D eigenvalue weighted by atomic mass is 16.2. The minimum absolute atomic E-state index is 0.00637. The molecule has 156 valence electrons. The molecule has 1 aliphatic heterocycles. The summed E-state index contributed by atoms with van der Waals surface area (Å²) in [7, 11) is 0. The lowest BCUT2D eigenvalue weighted by Gasteiger charge is -2.43. The van der Waals surface area contributed by atoms with Crippen molar-refractivity contribution in [3.63, 3.8) is 0 Å². The van der Waals surface area contributed by atoms with Crippen LogP contribution in [0, 0.1) is 18.8 Å². The van der Waals surface area contributed by atoms with Gasteiger partial charge in [0.05, 0.1) is 0 Å². The second-order valence-corrected chi connectivity index (χ2v) is 9.29. The molecule has 2 atom stereocenters. The number of nitrogens with zero attached hydrogens (tertiary/aromatic N) is 1. The van der Waals surface area contributed by atoms with Crippen LogP contribution in [0.1, 0.15) is 63.4 Å².